The lowest BCUT2D eigenvalue weighted by atomic mass is 10.3. The molecule has 0 bridgehead atoms. The predicted molar refractivity (Wildman–Crippen MR) is 63.5 cm³/mol. The Morgan fingerprint density at radius 3 is 3.19 bits per heavy atom. The lowest BCUT2D eigenvalue weighted by Gasteiger charge is -2.17. The van der Waals surface area contributed by atoms with Gasteiger partial charge in [-0.3, -0.25) is 4.40 Å². The number of nitrogens with one attached hydrogen (secondary N) is 1. The molecule has 86 valence electrons. The van der Waals surface area contributed by atoms with E-state index in [-0.39, 0.29) is 6.04 Å². The Balaban J connectivity index is 2.22. The van der Waals surface area contributed by atoms with Gasteiger partial charge in [0.1, 0.15) is 11.5 Å². The van der Waals surface area contributed by atoms with Gasteiger partial charge in [-0.25, -0.2) is 4.98 Å². The van der Waals surface area contributed by atoms with Crippen molar-refractivity contribution in [3.63, 3.8) is 0 Å². The number of hydrogen-bond acceptors (Lipinski definition) is 4. The Labute approximate surface area is 94.2 Å². The third kappa shape index (κ3) is 2.15. The summed E-state index contributed by atoms with van der Waals surface area (Å²) in [6, 6.07) is 6.02. The second-order valence-corrected chi connectivity index (χ2v) is 3.60. The zero-order valence-corrected chi connectivity index (χ0v) is 9.26. The summed E-state index contributed by atoms with van der Waals surface area (Å²) in [6.07, 6.45) is 3.69. The largest absolute Gasteiger partial charge is 0.383 e. The first-order valence-corrected chi connectivity index (χ1v) is 5.22. The van der Waals surface area contributed by atoms with Crippen LogP contribution in [-0.2, 0) is 4.74 Å². The molecule has 1 atom stereocenters. The van der Waals surface area contributed by atoms with E-state index in [1.54, 1.807) is 13.3 Å². The van der Waals surface area contributed by atoms with Gasteiger partial charge in [0, 0.05) is 26.0 Å². The summed E-state index contributed by atoms with van der Waals surface area (Å²) >= 11 is 0. The summed E-state index contributed by atoms with van der Waals surface area (Å²) in [4.78, 5) is 4.22. The summed E-state index contributed by atoms with van der Waals surface area (Å²) in [5.41, 5.74) is 6.57. The fourth-order valence-corrected chi connectivity index (χ4v) is 1.64. The fourth-order valence-electron chi connectivity index (χ4n) is 1.64. The molecule has 2 rings (SSSR count). The average Bonchev–Trinajstić information content (AvgIpc) is 2.77. The van der Waals surface area contributed by atoms with E-state index in [1.165, 1.54) is 0 Å². The fraction of sp³-hybridized carbons (Fsp3) is 0.364. The summed E-state index contributed by atoms with van der Waals surface area (Å²) in [6.45, 7) is 1.11. The molecule has 0 aliphatic rings. The van der Waals surface area contributed by atoms with Crippen molar-refractivity contribution in [3.8, 4) is 0 Å². The zero-order valence-electron chi connectivity index (χ0n) is 9.26. The number of hydrogen-bond donors (Lipinski definition) is 2. The molecule has 0 fully saturated rings. The van der Waals surface area contributed by atoms with Crippen molar-refractivity contribution in [2.45, 2.75) is 6.04 Å². The van der Waals surface area contributed by atoms with Crippen molar-refractivity contribution in [3.05, 3.63) is 30.6 Å². The SMILES string of the molecule is COCC(CN)Nc1cccc2nccn12. The molecule has 2 heterocycles. The molecule has 16 heavy (non-hydrogen) atoms. The predicted octanol–water partition coefficient (Wildman–Crippen LogP) is 0.720. The van der Waals surface area contributed by atoms with Gasteiger partial charge in [-0.15, -0.1) is 0 Å². The van der Waals surface area contributed by atoms with E-state index in [1.807, 2.05) is 28.8 Å². The van der Waals surface area contributed by atoms with Crippen LogP contribution in [0, 0.1) is 0 Å². The van der Waals surface area contributed by atoms with Gasteiger partial charge >= 0.3 is 0 Å². The summed E-state index contributed by atoms with van der Waals surface area (Å²) in [5.74, 6) is 0.975. The highest BCUT2D eigenvalue weighted by Gasteiger charge is 2.07. The molecule has 2 aromatic heterocycles. The monoisotopic (exact) mass is 220 g/mol. The van der Waals surface area contributed by atoms with Gasteiger partial charge in [-0.2, -0.15) is 0 Å². The maximum Gasteiger partial charge on any atom is 0.138 e. The van der Waals surface area contributed by atoms with Crippen LogP contribution in [-0.4, -0.2) is 35.7 Å². The van der Waals surface area contributed by atoms with E-state index in [9.17, 15) is 0 Å². The number of nitrogens with two attached hydrogens (primary N) is 1. The van der Waals surface area contributed by atoms with Crippen LogP contribution in [0.15, 0.2) is 30.6 Å². The van der Waals surface area contributed by atoms with Crippen molar-refractivity contribution in [2.75, 3.05) is 25.6 Å². The van der Waals surface area contributed by atoms with Gasteiger partial charge in [0.15, 0.2) is 0 Å². The Hall–Kier alpha value is -1.59. The normalized spacial score (nSPS) is 12.9. The minimum Gasteiger partial charge on any atom is -0.383 e. The molecule has 0 aliphatic heterocycles. The molecule has 0 aromatic carbocycles. The van der Waals surface area contributed by atoms with Crippen LogP contribution in [0.3, 0.4) is 0 Å². The molecule has 0 aliphatic carbocycles. The van der Waals surface area contributed by atoms with Crippen LogP contribution in [0.2, 0.25) is 0 Å². The van der Waals surface area contributed by atoms with E-state index in [0.717, 1.165) is 11.5 Å². The van der Waals surface area contributed by atoms with Gasteiger partial charge in [0.05, 0.1) is 12.6 Å². The molecule has 5 heteroatoms. The number of aromatic nitrogens is 2. The van der Waals surface area contributed by atoms with Crippen LogP contribution >= 0.6 is 0 Å². The molecule has 0 amide bonds. The van der Waals surface area contributed by atoms with E-state index in [0.29, 0.717) is 13.2 Å². The van der Waals surface area contributed by atoms with Crippen molar-refractivity contribution in [2.24, 2.45) is 5.73 Å². The van der Waals surface area contributed by atoms with Gasteiger partial charge in [0.25, 0.3) is 0 Å². The lowest BCUT2D eigenvalue weighted by molar-refractivity contribution is 0.187. The molecule has 1 unspecified atom stereocenters. The molecule has 3 N–H and O–H groups in total. The van der Waals surface area contributed by atoms with Crippen LogP contribution in [0.5, 0.6) is 0 Å². The molecular formula is C11H16N4O. The van der Waals surface area contributed by atoms with Crippen LogP contribution in [0.1, 0.15) is 0 Å². The second-order valence-electron chi connectivity index (χ2n) is 3.60. The van der Waals surface area contributed by atoms with Crippen molar-refractivity contribution < 1.29 is 4.74 Å². The first-order chi connectivity index (χ1) is 7.85. The maximum absolute atomic E-state index is 5.66. The third-order valence-electron chi connectivity index (χ3n) is 2.43. The summed E-state index contributed by atoms with van der Waals surface area (Å²) in [7, 11) is 1.67. The molecular weight excluding hydrogens is 204 g/mol. The second kappa shape index (κ2) is 4.96. The Bertz CT molecular complexity index is 454. The number of nitrogens with zero attached hydrogens (tertiary/aromatic N) is 2. The van der Waals surface area contributed by atoms with E-state index in [2.05, 4.69) is 10.3 Å². The van der Waals surface area contributed by atoms with Crippen molar-refractivity contribution in [1.29, 1.82) is 0 Å². The number of anilines is 1. The molecule has 0 radical (unpaired) electrons. The zero-order chi connectivity index (χ0) is 11.4. The van der Waals surface area contributed by atoms with Gasteiger partial charge < -0.3 is 15.8 Å². The minimum atomic E-state index is 0.109. The van der Waals surface area contributed by atoms with Crippen LogP contribution < -0.4 is 11.1 Å². The highest BCUT2D eigenvalue weighted by Crippen LogP contribution is 2.11. The Morgan fingerprint density at radius 1 is 1.56 bits per heavy atom. The van der Waals surface area contributed by atoms with E-state index in [4.69, 9.17) is 10.5 Å². The smallest absolute Gasteiger partial charge is 0.138 e. The minimum absolute atomic E-state index is 0.109. The van der Waals surface area contributed by atoms with Gasteiger partial charge in [-0.1, -0.05) is 6.07 Å². The molecule has 5 nitrogen and oxygen atoms in total. The van der Waals surface area contributed by atoms with E-state index >= 15 is 0 Å². The summed E-state index contributed by atoms with van der Waals surface area (Å²) < 4.78 is 7.08. The summed E-state index contributed by atoms with van der Waals surface area (Å²) in [5, 5.41) is 3.33. The highest BCUT2D eigenvalue weighted by molar-refractivity contribution is 5.50. The quantitative estimate of drug-likeness (QED) is 0.779. The first kappa shape index (κ1) is 10.9. The number of fused-ring (bicyclic) bond motifs is 1. The average molecular weight is 220 g/mol. The molecule has 0 saturated carbocycles. The van der Waals surface area contributed by atoms with Crippen molar-refractivity contribution >= 4 is 11.5 Å². The number of pyridine rings is 1. The third-order valence-corrected chi connectivity index (χ3v) is 2.43. The van der Waals surface area contributed by atoms with Crippen molar-refractivity contribution in [1.82, 2.24) is 9.38 Å². The number of ether oxygens (including phenoxy) is 1. The van der Waals surface area contributed by atoms with Gasteiger partial charge in [-0.05, 0) is 12.1 Å². The van der Waals surface area contributed by atoms with Gasteiger partial charge in [0.2, 0.25) is 0 Å². The highest BCUT2D eigenvalue weighted by atomic mass is 16.5. The Kier molecular flexibility index (Phi) is 3.38. The van der Waals surface area contributed by atoms with Crippen LogP contribution in [0.4, 0.5) is 5.82 Å². The molecule has 0 spiro atoms. The van der Waals surface area contributed by atoms with Crippen LogP contribution in [0.25, 0.3) is 5.65 Å². The number of imidazole rings is 1. The Morgan fingerprint density at radius 2 is 2.44 bits per heavy atom. The first-order valence-electron chi connectivity index (χ1n) is 5.22. The maximum atomic E-state index is 5.66. The topological polar surface area (TPSA) is 64.6 Å². The number of rotatable bonds is 5. The van der Waals surface area contributed by atoms with E-state index < -0.39 is 0 Å². The molecule has 0 saturated heterocycles. The standard InChI is InChI=1S/C11H16N4O/c1-16-8-9(7-12)14-11-4-2-3-10-13-5-6-15(10)11/h2-6,9,14H,7-8,12H2,1H3. The number of methoxy groups -OCH3 is 1. The molecule has 2 aromatic rings. The lowest BCUT2D eigenvalue weighted by Crippen LogP contribution is -2.33.